The molecular weight excluding hydrogens is 334 g/mol. The summed E-state index contributed by atoms with van der Waals surface area (Å²) in [6, 6.07) is 0.461. The maximum atomic E-state index is 13.0. The van der Waals surface area contributed by atoms with E-state index in [9.17, 15) is 26.3 Å². The van der Waals surface area contributed by atoms with Crippen molar-refractivity contribution in [2.45, 2.75) is 19.3 Å². The summed E-state index contributed by atoms with van der Waals surface area (Å²) in [4.78, 5) is 0. The van der Waals surface area contributed by atoms with Crippen molar-refractivity contribution in [2.24, 2.45) is 5.10 Å². The Labute approximate surface area is 125 Å². The average molecular weight is 343 g/mol. The van der Waals surface area contributed by atoms with E-state index in [1.54, 1.807) is 0 Å². The van der Waals surface area contributed by atoms with Crippen LogP contribution in [-0.2, 0) is 10.9 Å². The van der Waals surface area contributed by atoms with Crippen LogP contribution in [0.4, 0.5) is 26.3 Å². The number of alkyl halides is 6. The molecule has 0 aliphatic carbocycles. The van der Waals surface area contributed by atoms with Crippen LogP contribution >= 0.6 is 0 Å². The van der Waals surface area contributed by atoms with Gasteiger partial charge in [-0.05, 0) is 6.92 Å². The Morgan fingerprint density at radius 3 is 2.26 bits per heavy atom. The molecule has 1 aliphatic heterocycles. The summed E-state index contributed by atoms with van der Waals surface area (Å²) in [7, 11) is 0.991. The van der Waals surface area contributed by atoms with Gasteiger partial charge < -0.3 is 9.47 Å². The monoisotopic (exact) mass is 343 g/mol. The Kier molecular flexibility index (Phi) is 4.18. The molecule has 2 heterocycles. The molecule has 0 bridgehead atoms. The maximum absolute atomic E-state index is 13.0. The number of ether oxygens (including phenoxy) is 2. The molecular formula is C11H9F6N4O2. The van der Waals surface area contributed by atoms with Crippen molar-refractivity contribution in [1.82, 2.24) is 15.2 Å². The average Bonchev–Trinajstić information content (AvgIpc) is 3.00. The number of halogens is 6. The Morgan fingerprint density at radius 2 is 1.78 bits per heavy atom. The molecule has 2 rings (SSSR count). The zero-order valence-electron chi connectivity index (χ0n) is 11.7. The number of methoxy groups -OCH3 is 1. The van der Waals surface area contributed by atoms with Gasteiger partial charge in [0.25, 0.3) is 5.88 Å². The Bertz CT molecular complexity index is 658. The molecule has 0 saturated heterocycles. The van der Waals surface area contributed by atoms with E-state index in [4.69, 9.17) is 4.74 Å². The number of hydrogen-bond donors (Lipinski definition) is 0. The summed E-state index contributed by atoms with van der Waals surface area (Å²) in [5, 5.41) is 6.05. The lowest BCUT2D eigenvalue weighted by atomic mass is 10.3. The van der Waals surface area contributed by atoms with Gasteiger partial charge in [0.05, 0.1) is 13.7 Å². The van der Waals surface area contributed by atoms with Crippen molar-refractivity contribution in [3.05, 3.63) is 17.6 Å². The van der Waals surface area contributed by atoms with Crippen LogP contribution in [0.25, 0.3) is 5.70 Å². The van der Waals surface area contributed by atoms with Gasteiger partial charge in [-0.1, -0.05) is 0 Å². The molecule has 1 aromatic rings. The van der Waals surface area contributed by atoms with Crippen LogP contribution in [0.2, 0.25) is 0 Å². The van der Waals surface area contributed by atoms with Crippen molar-refractivity contribution >= 4 is 11.4 Å². The molecule has 0 spiro atoms. The molecule has 0 fully saturated rings. The third-order valence-corrected chi connectivity index (χ3v) is 2.61. The van der Waals surface area contributed by atoms with Crippen molar-refractivity contribution in [3.63, 3.8) is 0 Å². The van der Waals surface area contributed by atoms with E-state index in [-0.39, 0.29) is 6.61 Å². The summed E-state index contributed by atoms with van der Waals surface area (Å²) in [5.74, 6) is -1.17. The van der Waals surface area contributed by atoms with Gasteiger partial charge in [0.1, 0.15) is 0 Å². The third-order valence-electron chi connectivity index (χ3n) is 2.61. The van der Waals surface area contributed by atoms with Gasteiger partial charge >= 0.3 is 12.4 Å². The minimum atomic E-state index is -4.97. The minimum absolute atomic E-state index is 0.0707. The second-order valence-corrected chi connectivity index (χ2v) is 4.11. The van der Waals surface area contributed by atoms with Crippen LogP contribution < -0.4 is 10.2 Å². The lowest BCUT2D eigenvalue weighted by molar-refractivity contribution is -0.141. The van der Waals surface area contributed by atoms with E-state index in [1.807, 2.05) is 0 Å². The fraction of sp³-hybridized carbons (Fsp3) is 0.455. The van der Waals surface area contributed by atoms with Crippen LogP contribution in [0.1, 0.15) is 12.6 Å². The first kappa shape index (κ1) is 17.0. The van der Waals surface area contributed by atoms with Gasteiger partial charge in [0.15, 0.2) is 17.1 Å². The standard InChI is InChI=1S/C11H9F6N4O2/c1-3-23-9-7(8(18-19-9)11(15,16)17)21-6(22-2)4-5(20-21)10(12,13)14/h4H,3H2,1-2H3. The predicted octanol–water partition coefficient (Wildman–Crippen LogP) is 2.61. The van der Waals surface area contributed by atoms with E-state index < -0.39 is 41.2 Å². The van der Waals surface area contributed by atoms with Gasteiger partial charge in [-0.15, -0.1) is 10.5 Å². The quantitative estimate of drug-likeness (QED) is 0.790. The molecule has 12 heteroatoms. The van der Waals surface area contributed by atoms with Gasteiger partial charge in [-0.3, -0.25) is 0 Å². The van der Waals surface area contributed by atoms with Crippen LogP contribution in [0.15, 0.2) is 17.1 Å². The Morgan fingerprint density at radius 1 is 1.13 bits per heavy atom. The topological polar surface area (TPSA) is 62.7 Å². The molecule has 1 aliphatic rings. The van der Waals surface area contributed by atoms with Crippen LogP contribution in [0, 0.1) is 0 Å². The van der Waals surface area contributed by atoms with E-state index in [0.29, 0.717) is 10.7 Å². The number of rotatable bonds is 4. The number of aromatic nitrogens is 2. The highest BCUT2D eigenvalue weighted by Crippen LogP contribution is 2.36. The first-order valence-corrected chi connectivity index (χ1v) is 6.04. The largest absolute Gasteiger partial charge is 0.481 e. The van der Waals surface area contributed by atoms with Gasteiger partial charge in [0, 0.05) is 6.07 Å². The molecule has 6 nitrogen and oxygen atoms in total. The van der Waals surface area contributed by atoms with E-state index in [1.165, 1.54) is 6.92 Å². The number of nitrogens with zero attached hydrogens (tertiary/aromatic N) is 4. The zero-order valence-corrected chi connectivity index (χ0v) is 11.7. The summed E-state index contributed by atoms with van der Waals surface area (Å²) in [5.41, 5.74) is -0.619. The molecule has 0 saturated carbocycles. The Hall–Kier alpha value is -2.40. The molecule has 0 N–H and O–H groups in total. The molecule has 23 heavy (non-hydrogen) atoms. The van der Waals surface area contributed by atoms with E-state index >= 15 is 0 Å². The molecule has 0 amide bonds. The van der Waals surface area contributed by atoms with E-state index in [2.05, 4.69) is 20.4 Å². The molecule has 1 aromatic heterocycles. The molecule has 0 unspecified atom stereocenters. The summed E-state index contributed by atoms with van der Waals surface area (Å²) in [6.07, 6.45) is -9.83. The number of allylic oxidation sites excluding steroid dienone is 1. The van der Waals surface area contributed by atoms with Crippen molar-refractivity contribution in [3.8, 4) is 5.88 Å². The Balaban J connectivity index is 2.62. The highest BCUT2D eigenvalue weighted by molar-refractivity contribution is 6.23. The van der Waals surface area contributed by atoms with Gasteiger partial charge in [0.2, 0.25) is 5.88 Å². The second-order valence-electron chi connectivity index (χ2n) is 4.11. The maximum Gasteiger partial charge on any atom is 0.437 e. The van der Waals surface area contributed by atoms with Crippen LogP contribution in [-0.4, -0.2) is 35.4 Å². The number of hydrogen-bond acceptors (Lipinski definition) is 4. The van der Waals surface area contributed by atoms with Crippen molar-refractivity contribution in [1.29, 1.82) is 0 Å². The molecule has 1 radical (unpaired) electrons. The predicted molar refractivity (Wildman–Crippen MR) is 64.2 cm³/mol. The van der Waals surface area contributed by atoms with Crippen molar-refractivity contribution < 1.29 is 35.8 Å². The molecule has 0 atom stereocenters. The zero-order chi connectivity index (χ0) is 17.4. The molecule has 127 valence electrons. The first-order chi connectivity index (χ1) is 10.6. The summed E-state index contributed by atoms with van der Waals surface area (Å²) in [6.45, 7) is 1.39. The first-order valence-electron chi connectivity index (χ1n) is 6.04. The van der Waals surface area contributed by atoms with Crippen LogP contribution in [0.5, 0.6) is 5.88 Å². The lowest BCUT2D eigenvalue weighted by Crippen LogP contribution is -2.26. The minimum Gasteiger partial charge on any atom is -0.481 e. The van der Waals surface area contributed by atoms with Gasteiger partial charge in [-0.2, -0.15) is 36.1 Å². The SMILES string of the molecule is CCOC1=C(n2nc(C(F)(F)F)cc2OC)C(C(F)(F)F)=N[N]1. The van der Waals surface area contributed by atoms with Crippen molar-refractivity contribution in [2.75, 3.05) is 13.7 Å². The summed E-state index contributed by atoms with van der Waals surface area (Å²) < 4.78 is 87.1. The lowest BCUT2D eigenvalue weighted by Gasteiger charge is -2.12. The van der Waals surface area contributed by atoms with E-state index in [0.717, 1.165) is 7.11 Å². The molecule has 0 aromatic carbocycles. The highest BCUT2D eigenvalue weighted by atomic mass is 19.4. The second kappa shape index (κ2) is 5.66. The fourth-order valence-corrected chi connectivity index (χ4v) is 1.72. The highest BCUT2D eigenvalue weighted by Gasteiger charge is 2.46. The van der Waals surface area contributed by atoms with Gasteiger partial charge in [-0.25, -0.2) is 0 Å². The third kappa shape index (κ3) is 3.19. The summed E-state index contributed by atoms with van der Waals surface area (Å²) >= 11 is 0. The smallest absolute Gasteiger partial charge is 0.437 e. The fourth-order valence-electron chi connectivity index (χ4n) is 1.72. The normalized spacial score (nSPS) is 15.6. The van der Waals surface area contributed by atoms with Crippen LogP contribution in [0.3, 0.4) is 0 Å².